The molecule has 3 aromatic rings. The molecule has 0 N–H and O–H groups in total. The average Bonchev–Trinajstić information content (AvgIpc) is 3.24. The summed E-state index contributed by atoms with van der Waals surface area (Å²) < 4.78 is 33.6. The van der Waals surface area contributed by atoms with Crippen molar-refractivity contribution >= 4 is 42.6 Å². The maximum atomic E-state index is 13.5. The second-order valence-electron chi connectivity index (χ2n) is 8.62. The second-order valence-corrected chi connectivity index (χ2v) is 11.6. The second kappa shape index (κ2) is 11.8. The molecule has 1 aliphatic rings. The van der Waals surface area contributed by atoms with Crippen molar-refractivity contribution in [2.45, 2.75) is 18.2 Å². The maximum absolute atomic E-state index is 13.5. The molecule has 35 heavy (non-hydrogen) atoms. The Kier molecular flexibility index (Phi) is 9.25. The van der Waals surface area contributed by atoms with Gasteiger partial charge in [0.2, 0.25) is 10.0 Å². The molecular weight excluding hydrogens is 508 g/mol. The molecule has 2 aromatic carbocycles. The number of nitrogens with zero attached hydrogens (tertiary/aromatic N) is 4. The minimum atomic E-state index is -3.61. The van der Waals surface area contributed by atoms with Crippen LogP contribution in [0.3, 0.4) is 0 Å². The van der Waals surface area contributed by atoms with Crippen molar-refractivity contribution in [3.63, 3.8) is 0 Å². The highest BCUT2D eigenvalue weighted by molar-refractivity contribution is 7.89. The number of hydrogen-bond acceptors (Lipinski definition) is 7. The first kappa shape index (κ1) is 27.5. The van der Waals surface area contributed by atoms with E-state index in [1.54, 1.807) is 17.0 Å². The third-order valence-corrected chi connectivity index (χ3v) is 8.66. The van der Waals surface area contributed by atoms with Gasteiger partial charge in [-0.05, 0) is 75.9 Å². The third-order valence-electron chi connectivity index (χ3n) is 5.70. The van der Waals surface area contributed by atoms with Crippen LogP contribution in [-0.4, -0.2) is 82.0 Å². The van der Waals surface area contributed by atoms with Crippen LogP contribution in [0.5, 0.6) is 0 Å². The highest BCUT2D eigenvalue weighted by Gasteiger charge is 2.27. The zero-order valence-corrected chi connectivity index (χ0v) is 22.5. The highest BCUT2D eigenvalue weighted by atomic mass is 35.5. The molecule has 1 aliphatic heterocycles. The number of morpholine rings is 1. The van der Waals surface area contributed by atoms with Gasteiger partial charge in [-0.3, -0.25) is 9.69 Å². The molecule has 0 aliphatic carbocycles. The predicted molar refractivity (Wildman–Crippen MR) is 135 cm³/mol. The van der Waals surface area contributed by atoms with E-state index < -0.39 is 10.0 Å². The summed E-state index contributed by atoms with van der Waals surface area (Å²) in [6.07, 6.45) is 0.789. The molecule has 0 spiro atoms. The van der Waals surface area contributed by atoms with Crippen molar-refractivity contribution in [1.82, 2.24) is 14.2 Å². The maximum Gasteiger partial charge on any atom is 0.260 e. The van der Waals surface area contributed by atoms with Gasteiger partial charge in [-0.1, -0.05) is 17.4 Å². The Bertz CT molecular complexity index is 1260. The van der Waals surface area contributed by atoms with E-state index in [4.69, 9.17) is 9.72 Å². The first-order valence-corrected chi connectivity index (χ1v) is 13.5. The first-order chi connectivity index (χ1) is 16.3. The van der Waals surface area contributed by atoms with Gasteiger partial charge in [-0.2, -0.15) is 4.31 Å². The summed E-state index contributed by atoms with van der Waals surface area (Å²) in [5.41, 5.74) is 2.44. The van der Waals surface area contributed by atoms with E-state index in [0.717, 1.165) is 28.7 Å². The molecule has 0 atom stereocenters. The van der Waals surface area contributed by atoms with E-state index in [1.165, 1.54) is 27.8 Å². The van der Waals surface area contributed by atoms with Crippen molar-refractivity contribution < 1.29 is 30.4 Å². The van der Waals surface area contributed by atoms with Gasteiger partial charge < -0.3 is 22.0 Å². The lowest BCUT2D eigenvalue weighted by atomic mass is 10.2. The molecule has 0 radical (unpaired) electrons. The van der Waals surface area contributed by atoms with Crippen LogP contribution in [0.4, 0.5) is 5.13 Å². The molecule has 8 nitrogen and oxygen atoms in total. The van der Waals surface area contributed by atoms with Gasteiger partial charge in [0.1, 0.15) is 0 Å². The fraction of sp³-hybridized carbons (Fsp3) is 0.417. The van der Waals surface area contributed by atoms with Crippen LogP contribution in [0.1, 0.15) is 22.3 Å². The van der Waals surface area contributed by atoms with Crippen molar-refractivity contribution in [1.29, 1.82) is 0 Å². The molecule has 11 heteroatoms. The van der Waals surface area contributed by atoms with Gasteiger partial charge in [0.25, 0.3) is 5.91 Å². The molecule has 1 fully saturated rings. The molecule has 2 heterocycles. The van der Waals surface area contributed by atoms with E-state index in [0.29, 0.717) is 43.5 Å². The van der Waals surface area contributed by atoms with Gasteiger partial charge in [0, 0.05) is 25.2 Å². The number of sulfonamides is 1. The molecule has 1 aromatic heterocycles. The van der Waals surface area contributed by atoms with Crippen LogP contribution in [0, 0.1) is 6.92 Å². The quantitative estimate of drug-likeness (QED) is 0.409. The molecule has 1 amide bonds. The Morgan fingerprint density at radius 1 is 1.09 bits per heavy atom. The van der Waals surface area contributed by atoms with E-state index >= 15 is 0 Å². The molecule has 4 rings (SSSR count). The van der Waals surface area contributed by atoms with E-state index in [9.17, 15) is 13.2 Å². The number of aromatic nitrogens is 1. The lowest BCUT2D eigenvalue weighted by Gasteiger charge is -2.26. The monoisotopic (exact) mass is 537 g/mol. The number of benzene rings is 2. The fourth-order valence-corrected chi connectivity index (χ4v) is 6.32. The fourth-order valence-electron chi connectivity index (χ4n) is 3.83. The minimum Gasteiger partial charge on any atom is -1.00 e. The zero-order chi connectivity index (χ0) is 24.3. The summed E-state index contributed by atoms with van der Waals surface area (Å²) in [6, 6.07) is 12.3. The van der Waals surface area contributed by atoms with Crippen LogP contribution in [0.25, 0.3) is 10.2 Å². The Labute approximate surface area is 217 Å². The van der Waals surface area contributed by atoms with E-state index in [2.05, 4.69) is 11.0 Å². The zero-order valence-electron chi connectivity index (χ0n) is 20.1. The molecular formula is C24H30ClN4O4S2-. The topological polar surface area (TPSA) is 83.1 Å². The number of thiazole rings is 1. The van der Waals surface area contributed by atoms with Crippen LogP contribution in [0.2, 0.25) is 0 Å². The number of halogens is 1. The molecule has 190 valence electrons. The first-order valence-electron chi connectivity index (χ1n) is 11.3. The van der Waals surface area contributed by atoms with Crippen molar-refractivity contribution in [3.8, 4) is 0 Å². The van der Waals surface area contributed by atoms with Gasteiger partial charge in [-0.15, -0.1) is 0 Å². The normalized spacial score (nSPS) is 14.7. The number of aryl methyl sites for hydroxylation is 1. The number of rotatable bonds is 8. The number of ether oxygens (including phenoxy) is 1. The number of carbonyl (C=O) groups is 1. The SMILES string of the molecule is Cc1ccc2nc(N(CCCN(C)C)C(=O)c3ccc(S(=O)(=O)N4CCOCC4)cc3)sc2c1.[Cl-]. The summed E-state index contributed by atoms with van der Waals surface area (Å²) in [7, 11) is 0.391. The Morgan fingerprint density at radius 2 is 1.77 bits per heavy atom. The summed E-state index contributed by atoms with van der Waals surface area (Å²) in [6.45, 7) is 4.83. The van der Waals surface area contributed by atoms with Crippen LogP contribution < -0.4 is 17.3 Å². The van der Waals surface area contributed by atoms with Gasteiger partial charge in [0.05, 0.1) is 28.3 Å². The lowest BCUT2D eigenvalue weighted by molar-refractivity contribution is -0.0000174. The Morgan fingerprint density at radius 3 is 2.43 bits per heavy atom. The van der Waals surface area contributed by atoms with Crippen molar-refractivity contribution in [3.05, 3.63) is 53.6 Å². The number of fused-ring (bicyclic) bond motifs is 1. The molecule has 0 unspecified atom stereocenters. The average molecular weight is 538 g/mol. The largest absolute Gasteiger partial charge is 1.00 e. The third kappa shape index (κ3) is 6.38. The van der Waals surface area contributed by atoms with Gasteiger partial charge in [0.15, 0.2) is 5.13 Å². The molecule has 0 bridgehead atoms. The number of amides is 1. The predicted octanol–water partition coefficient (Wildman–Crippen LogP) is 0.228. The number of hydrogen-bond donors (Lipinski definition) is 0. The van der Waals surface area contributed by atoms with Gasteiger partial charge in [-0.25, -0.2) is 13.4 Å². The smallest absolute Gasteiger partial charge is 0.260 e. The standard InChI is InChI=1S/C24H30N4O4S2.ClH/c1-18-5-10-21-22(17-18)33-24(25-21)28(12-4-11-26(2)3)23(29)19-6-8-20(9-7-19)34(30,31)27-13-15-32-16-14-27;/h5-10,17H,4,11-16H2,1-3H3;1H/p-1. The number of carbonyl (C=O) groups excluding carboxylic acids is 1. The van der Waals surface area contributed by atoms with Gasteiger partial charge >= 0.3 is 0 Å². The van der Waals surface area contributed by atoms with E-state index in [1.807, 2.05) is 33.2 Å². The van der Waals surface area contributed by atoms with Crippen LogP contribution in [-0.2, 0) is 14.8 Å². The van der Waals surface area contributed by atoms with E-state index in [-0.39, 0.29) is 23.2 Å². The van der Waals surface area contributed by atoms with Crippen molar-refractivity contribution in [2.75, 3.05) is 58.4 Å². The molecule has 1 saturated heterocycles. The Balaban J connectivity index is 0.00000342. The lowest BCUT2D eigenvalue weighted by Crippen LogP contribution is -3.00. The summed E-state index contributed by atoms with van der Waals surface area (Å²) in [4.78, 5) is 22.2. The minimum absolute atomic E-state index is 0. The summed E-state index contributed by atoms with van der Waals surface area (Å²) in [5.74, 6) is -0.190. The molecule has 0 saturated carbocycles. The summed E-state index contributed by atoms with van der Waals surface area (Å²) >= 11 is 1.49. The Hall–Kier alpha value is -2.08. The number of anilines is 1. The highest BCUT2D eigenvalue weighted by Crippen LogP contribution is 2.31. The van der Waals surface area contributed by atoms with Crippen molar-refractivity contribution in [2.24, 2.45) is 0 Å². The summed E-state index contributed by atoms with van der Waals surface area (Å²) in [5, 5.41) is 0.648. The van der Waals surface area contributed by atoms with Crippen LogP contribution >= 0.6 is 11.3 Å². The van der Waals surface area contributed by atoms with Crippen LogP contribution in [0.15, 0.2) is 47.4 Å².